The number of rotatable bonds is 28. The minimum Gasteiger partial charge on any atom is -0.497 e. The van der Waals surface area contributed by atoms with Crippen LogP contribution in [0.15, 0.2) is 86.2 Å². The summed E-state index contributed by atoms with van der Waals surface area (Å²) in [6, 6.07) is 7.86. The number of alkyl carbamates (subject to hydrolysis) is 3. The highest BCUT2D eigenvalue weighted by Gasteiger charge is 2.63. The van der Waals surface area contributed by atoms with Gasteiger partial charge in [0.2, 0.25) is 49.5 Å². The highest BCUT2D eigenvalue weighted by atomic mass is 35.5. The van der Waals surface area contributed by atoms with E-state index in [0.29, 0.717) is 62.1 Å². The second-order valence-corrected chi connectivity index (χ2v) is 37.1. The van der Waals surface area contributed by atoms with Crippen LogP contribution in [-0.2, 0) is 72.6 Å². The lowest BCUT2D eigenvalue weighted by atomic mass is 10.1. The molecule has 686 valence electrons. The fourth-order valence-electron chi connectivity index (χ4n) is 12.3. The number of nitrogens with zero attached hydrogens (tertiary/aromatic N) is 3. The van der Waals surface area contributed by atoms with Crippen molar-refractivity contribution < 1.29 is 134 Å². The first-order valence-electron chi connectivity index (χ1n) is 38.8. The molecule has 6 fully saturated rings. The Hall–Kier alpha value is -10.0. The fourth-order valence-corrected chi connectivity index (χ4v) is 15.0. The van der Waals surface area contributed by atoms with Gasteiger partial charge in [-0.3, -0.25) is 38.2 Å². The average Bonchev–Trinajstić information content (AvgIpc) is 1.57. The van der Waals surface area contributed by atoms with E-state index in [2.05, 4.69) is 70.5 Å². The second kappa shape index (κ2) is 43.5. The van der Waals surface area contributed by atoms with E-state index in [1.54, 1.807) is 112 Å². The zero-order valence-corrected chi connectivity index (χ0v) is 74.2. The molecule has 4 saturated carbocycles. The minimum atomic E-state index is -3.92. The van der Waals surface area contributed by atoms with Crippen LogP contribution in [0.1, 0.15) is 147 Å². The molecule has 8 amide bonds. The number of aliphatic hydroxyl groups is 4. The molecule has 0 spiro atoms. The summed E-state index contributed by atoms with van der Waals surface area (Å²) in [5.41, 5.74) is 0.878. The zero-order valence-electron chi connectivity index (χ0n) is 70.9. The molecule has 0 radical (unpaired) electrons. The number of likely N-dealkylation sites (tertiary alicyclic amines) is 1. The third-order valence-electron chi connectivity index (χ3n) is 19.2. The van der Waals surface area contributed by atoms with Crippen LogP contribution in [-0.4, -0.2) is 265 Å². The van der Waals surface area contributed by atoms with Gasteiger partial charge in [0.1, 0.15) is 64.0 Å². The molecule has 123 heavy (non-hydrogen) atoms. The molecule has 40 nitrogen and oxygen atoms in total. The molecule has 44 heteroatoms. The monoisotopic (exact) mass is 1810 g/mol. The van der Waals surface area contributed by atoms with Gasteiger partial charge >= 0.3 is 36.2 Å². The highest BCUT2D eigenvalue weighted by Crippen LogP contribution is 2.47. The third kappa shape index (κ3) is 30.7. The Morgan fingerprint density at radius 2 is 0.967 bits per heavy atom. The summed E-state index contributed by atoms with van der Waals surface area (Å²) in [5, 5.41) is 80.0. The van der Waals surface area contributed by atoms with Gasteiger partial charge in [0.25, 0.3) is 11.8 Å². The van der Waals surface area contributed by atoms with Crippen LogP contribution in [0.2, 0.25) is 0 Å². The lowest BCUT2D eigenvalue weighted by molar-refractivity contribution is -0.143. The van der Waals surface area contributed by atoms with Gasteiger partial charge in [0.15, 0.2) is 12.1 Å². The molecular formula is C79H116Cl2N12O28S2. The lowest BCUT2D eigenvalue weighted by Gasteiger charge is -2.31. The van der Waals surface area contributed by atoms with E-state index in [9.17, 15) is 74.7 Å². The van der Waals surface area contributed by atoms with Crippen molar-refractivity contribution in [1.82, 2.24) is 56.2 Å². The van der Waals surface area contributed by atoms with Gasteiger partial charge in [0, 0.05) is 54.4 Å². The number of aryl methyl sites for hydroxylation is 1. The van der Waals surface area contributed by atoms with Gasteiger partial charge < -0.3 is 107 Å². The maximum absolute atomic E-state index is 14.0. The number of pyridine rings is 2. The van der Waals surface area contributed by atoms with E-state index in [1.807, 2.05) is 25.1 Å². The van der Waals surface area contributed by atoms with Crippen LogP contribution >= 0.6 is 24.8 Å². The molecule has 2 aromatic carbocycles. The topological polar surface area (TPSA) is 604 Å². The Balaban J connectivity index is 0.000000369. The number of ether oxygens (including phenoxy) is 6. The van der Waals surface area contributed by atoms with Crippen LogP contribution in [0, 0.1) is 18.8 Å². The number of aromatic nitrogens is 2. The number of nitrogens with one attached hydrogen (secondary N) is 8. The van der Waals surface area contributed by atoms with Crippen molar-refractivity contribution in [3.05, 3.63) is 91.8 Å². The van der Waals surface area contributed by atoms with Gasteiger partial charge in [-0.25, -0.2) is 50.8 Å². The van der Waals surface area contributed by atoms with Gasteiger partial charge in [0.05, 0.1) is 54.6 Å². The lowest BCUT2D eigenvalue weighted by Crippen LogP contribution is -2.60. The van der Waals surface area contributed by atoms with Crippen LogP contribution in [0.3, 0.4) is 0 Å². The van der Waals surface area contributed by atoms with Crippen molar-refractivity contribution in [3.8, 4) is 17.5 Å². The number of benzene rings is 2. The van der Waals surface area contributed by atoms with E-state index in [4.69, 9.17) is 64.8 Å². The zero-order chi connectivity index (χ0) is 91.2. The Morgan fingerprint density at radius 1 is 0.569 bits per heavy atom. The largest absolute Gasteiger partial charge is 0.497 e. The minimum absolute atomic E-state index is 0. The number of amides is 8. The molecule has 4 aliphatic carbocycles. The first-order valence-corrected chi connectivity index (χ1v) is 41.9. The van der Waals surface area contributed by atoms with Crippen molar-refractivity contribution >= 4 is 132 Å². The Morgan fingerprint density at radius 3 is 1.33 bits per heavy atom. The summed E-state index contributed by atoms with van der Waals surface area (Å²) < 4.78 is 86.6. The summed E-state index contributed by atoms with van der Waals surface area (Å²) in [4.78, 5) is 143. The van der Waals surface area contributed by atoms with E-state index < -0.39 is 191 Å². The average molecular weight is 1820 g/mol. The maximum Gasteiger partial charge on any atom is 0.408 e. The Labute approximate surface area is 725 Å². The summed E-state index contributed by atoms with van der Waals surface area (Å²) in [5.74, 6) is -6.78. The number of carbonyl (C=O) groups excluding carboxylic acids is 8. The number of carbonyl (C=O) groups is 11. The van der Waals surface area contributed by atoms with Gasteiger partial charge in [-0.1, -0.05) is 29.8 Å². The first kappa shape index (κ1) is 105. The predicted octanol–water partition coefficient (Wildman–Crippen LogP) is 3.17. The maximum atomic E-state index is 14.0. The SMILES string of the molecule is C=C[C@@H]1C[C@]1(NC(=O)[C@@H]1C[C@@H](Oc2nccc3cc(C)ccc23)CN1)C(=O)NS(=O)(=O)C1CC1.C=C[C@@H]1C[C@]1(NC(=O)[C@@H]1C[C@@H](Oc2nccc3cc(OC)ccc23)CN1C(=O)[C@@H](NC(=O)OC(C)(C)C)[C@H](C)O)C(=O)NS(=O)(=O)C1CC1.C[C@H](O)[C@H](N)C(=O)O.C[C@H](O)[C@H](NC(=O)OC(C)(C)C)C(=O)O.C[C@H](O)[C@H](NC(=O)OC(C)(C)C)C(=O)O.Cl.Cl. The molecule has 16 atom stereocenters. The van der Waals surface area contributed by atoms with Crippen molar-refractivity contribution in [2.24, 2.45) is 17.6 Å². The number of fused-ring (bicyclic) bond motifs is 2. The summed E-state index contributed by atoms with van der Waals surface area (Å²) in [6.45, 7) is 29.8. The number of hydrogen-bond donors (Lipinski definition) is 16. The summed E-state index contributed by atoms with van der Waals surface area (Å²) >= 11 is 0. The number of carboxylic acids is 3. The molecule has 2 aromatic heterocycles. The van der Waals surface area contributed by atoms with Crippen molar-refractivity contribution in [1.29, 1.82) is 0 Å². The first-order chi connectivity index (χ1) is 56.0. The smallest absolute Gasteiger partial charge is 0.408 e. The highest BCUT2D eigenvalue weighted by molar-refractivity contribution is 7.91. The quantitative estimate of drug-likeness (QED) is 0.0287. The molecular weight excluding hydrogens is 1700 g/mol. The van der Waals surface area contributed by atoms with Gasteiger partial charge in [-0.15, -0.1) is 38.0 Å². The Kier molecular flexibility index (Phi) is 37.3. The van der Waals surface area contributed by atoms with E-state index in [1.165, 1.54) is 38.7 Å². The number of aliphatic carboxylic acids is 3. The van der Waals surface area contributed by atoms with Crippen LogP contribution in [0.25, 0.3) is 21.5 Å². The van der Waals surface area contributed by atoms with Gasteiger partial charge in [-0.05, 0) is 183 Å². The number of methoxy groups -OCH3 is 1. The van der Waals surface area contributed by atoms with Crippen molar-refractivity contribution in [2.75, 3.05) is 20.2 Å². The third-order valence-corrected chi connectivity index (χ3v) is 22.8. The number of carboxylic acid groups (broad SMARTS) is 3. The molecule has 2 saturated heterocycles. The molecule has 0 unspecified atom stereocenters. The number of sulfonamides is 2. The molecule has 10 rings (SSSR count). The number of aliphatic hydroxyl groups excluding tert-OH is 4. The summed E-state index contributed by atoms with van der Waals surface area (Å²) in [6.07, 6.45) is 0.541. The van der Waals surface area contributed by atoms with Crippen LogP contribution < -0.4 is 61.3 Å². The van der Waals surface area contributed by atoms with Crippen LogP contribution in [0.4, 0.5) is 14.4 Å². The molecule has 4 aromatic rings. The van der Waals surface area contributed by atoms with E-state index >= 15 is 0 Å². The molecule has 4 heterocycles. The molecule has 0 bridgehead atoms. The standard InChI is InChI=1S/C33H43N5O10S.C24H28N4O5S.2C9H17NO5.C4H9NO3.2ClH/c1-7-20-16-33(20,30(42)37-49(44,45)23-9-10-23)36-27(40)25-15-22(47-28-24-11-8-21(46-6)14-19(24)12-13-34-28)17-38(25)29(41)26(18(2)39)35-31(43)48-32(3,4)5;1-3-16-12-24(16,23(30)28-34(31,32)18-5-6-18)27-21(29)20-11-17(13-26-20)33-22-19-7-4-14(2)10-15(19)8-9-25-22;2*1-5(11)6(7(12)13)10-8(14)15-9(2,3)4;1-2(6)3(5)4(7)8;;/h7-8,11-14,18,20,22-23,25-26,39H,1,9-10,15-17H2,2-6H3,(H,35,43)(H,36,40)(H,37,42);3-4,7-10,16-18,20,26H,1,5-6,11-13H2,2H3,(H,27,29)(H,28,30);2*5-6,11H,1-4H3,(H,10,14)(H,12,13);2-3,6H,5H2,1H3,(H,7,8);2*1H/t18-,20+,22+,25-,26-,33+;16-,17-,20+,24-;2*5-,6-;2-,3-;;/m01000../s1. The van der Waals surface area contributed by atoms with Crippen molar-refractivity contribution in [3.63, 3.8) is 0 Å². The number of hydrogen-bond acceptors (Lipinski definition) is 29. The van der Waals surface area contributed by atoms with E-state index in [-0.39, 0.29) is 68.0 Å². The Bertz CT molecular complexity index is 4660. The molecule has 6 aliphatic rings. The fraction of sp³-hybridized carbons (Fsp3) is 0.582. The van der Waals surface area contributed by atoms with Gasteiger partial charge in [-0.2, -0.15) is 0 Å². The second-order valence-electron chi connectivity index (χ2n) is 33.2. The normalized spacial score (nSPS) is 22.5. The van der Waals surface area contributed by atoms with Crippen molar-refractivity contribution in [2.45, 2.75) is 260 Å². The van der Waals surface area contributed by atoms with Crippen LogP contribution in [0.5, 0.6) is 17.5 Å². The molecule has 17 N–H and O–H groups in total. The predicted molar refractivity (Wildman–Crippen MR) is 450 cm³/mol. The number of halogens is 2. The number of nitrogens with two attached hydrogens (primary N) is 1. The summed E-state index contributed by atoms with van der Waals surface area (Å²) in [7, 11) is -6.08. The van der Waals surface area contributed by atoms with E-state index in [0.717, 1.165) is 21.7 Å². The molecule has 2 aliphatic heterocycles.